The largest absolute Gasteiger partial charge is 0.493 e. The van der Waals surface area contributed by atoms with Gasteiger partial charge < -0.3 is 15.4 Å². The molecule has 1 saturated carbocycles. The summed E-state index contributed by atoms with van der Waals surface area (Å²) in [5.41, 5.74) is 3.62. The van der Waals surface area contributed by atoms with Gasteiger partial charge in [-0.25, -0.2) is 4.79 Å². The molecule has 0 bridgehead atoms. The van der Waals surface area contributed by atoms with Crippen LogP contribution in [0.3, 0.4) is 0 Å². The van der Waals surface area contributed by atoms with Gasteiger partial charge in [0.05, 0.1) is 12.8 Å². The molecule has 1 aromatic heterocycles. The topological polar surface area (TPSA) is 79.0 Å². The van der Waals surface area contributed by atoms with E-state index in [9.17, 15) is 4.79 Å². The minimum Gasteiger partial charge on any atom is -0.493 e. The molecule has 2 heterocycles. The van der Waals surface area contributed by atoms with Crippen LogP contribution in [0.15, 0.2) is 30.5 Å². The van der Waals surface area contributed by atoms with Crippen LogP contribution in [0.5, 0.6) is 5.75 Å². The number of hydrogen-bond acceptors (Lipinski definition) is 3. The van der Waals surface area contributed by atoms with E-state index in [-0.39, 0.29) is 17.5 Å². The molecule has 1 aromatic carbocycles. The first-order chi connectivity index (χ1) is 12.2. The molecular formula is C19H24N4O2. The summed E-state index contributed by atoms with van der Waals surface area (Å²) in [6.45, 7) is 3.40. The fourth-order valence-electron chi connectivity index (χ4n) is 3.87. The van der Waals surface area contributed by atoms with Crippen LogP contribution < -0.4 is 15.4 Å². The predicted molar refractivity (Wildman–Crippen MR) is 94.8 cm³/mol. The standard InChI is InChI=1S/C19H24N4O2/c1-13-14(12-21-23-13)5-4-9-20-18(24)22-17-11-19(17)8-10-25-16-7-3-2-6-15(16)19/h2-3,6-7,12,17H,4-5,8-11H2,1H3,(H,21,23)(H2,20,22,24). The van der Waals surface area contributed by atoms with E-state index >= 15 is 0 Å². The van der Waals surface area contributed by atoms with E-state index in [1.165, 1.54) is 11.1 Å². The summed E-state index contributed by atoms with van der Waals surface area (Å²) < 4.78 is 5.74. The number of urea groups is 1. The number of para-hydroxylation sites is 1. The van der Waals surface area contributed by atoms with E-state index in [1.54, 1.807) is 0 Å². The molecule has 1 aliphatic heterocycles. The Labute approximate surface area is 147 Å². The average Bonchev–Trinajstić information content (AvgIpc) is 3.11. The van der Waals surface area contributed by atoms with Crippen LogP contribution in [0, 0.1) is 6.92 Å². The lowest BCUT2D eigenvalue weighted by molar-refractivity contribution is 0.234. The Balaban J connectivity index is 1.25. The van der Waals surface area contributed by atoms with Crippen molar-refractivity contribution in [3.63, 3.8) is 0 Å². The number of aryl methyl sites for hydroxylation is 2. The van der Waals surface area contributed by atoms with Crippen molar-refractivity contribution < 1.29 is 9.53 Å². The SMILES string of the molecule is Cc1[nH]ncc1CCCNC(=O)NC1CC12CCOc1ccccc12. The van der Waals surface area contributed by atoms with Crippen molar-refractivity contribution in [2.24, 2.45) is 0 Å². The van der Waals surface area contributed by atoms with Crippen molar-refractivity contribution >= 4 is 6.03 Å². The molecule has 2 aromatic rings. The summed E-state index contributed by atoms with van der Waals surface area (Å²) in [4.78, 5) is 12.2. The van der Waals surface area contributed by atoms with Gasteiger partial charge in [-0.3, -0.25) is 5.10 Å². The molecular weight excluding hydrogens is 316 g/mol. The minimum atomic E-state index is -0.0743. The molecule has 2 amide bonds. The van der Waals surface area contributed by atoms with E-state index < -0.39 is 0 Å². The van der Waals surface area contributed by atoms with E-state index in [1.807, 2.05) is 31.3 Å². The third-order valence-electron chi connectivity index (χ3n) is 5.45. The van der Waals surface area contributed by atoms with Crippen molar-refractivity contribution in [3.8, 4) is 5.75 Å². The third kappa shape index (κ3) is 3.08. The molecule has 2 unspecified atom stereocenters. The lowest BCUT2D eigenvalue weighted by atomic mass is 9.89. The Hall–Kier alpha value is -2.50. The Morgan fingerprint density at radius 3 is 3.16 bits per heavy atom. The summed E-state index contributed by atoms with van der Waals surface area (Å²) in [6.07, 6.45) is 5.64. The van der Waals surface area contributed by atoms with Gasteiger partial charge in [-0.15, -0.1) is 0 Å². The molecule has 4 rings (SSSR count). The fraction of sp³-hybridized carbons (Fsp3) is 0.474. The number of carbonyl (C=O) groups is 1. The first kappa shape index (κ1) is 16.0. The zero-order chi connectivity index (χ0) is 17.3. The number of aromatic amines is 1. The van der Waals surface area contributed by atoms with Gasteiger partial charge in [0.2, 0.25) is 0 Å². The molecule has 0 radical (unpaired) electrons. The number of nitrogens with zero attached hydrogens (tertiary/aromatic N) is 1. The van der Waals surface area contributed by atoms with Gasteiger partial charge in [-0.1, -0.05) is 18.2 Å². The molecule has 3 N–H and O–H groups in total. The van der Waals surface area contributed by atoms with Crippen LogP contribution in [0.1, 0.15) is 36.1 Å². The maximum Gasteiger partial charge on any atom is 0.315 e. The lowest BCUT2D eigenvalue weighted by Crippen LogP contribution is -2.40. The fourth-order valence-corrected chi connectivity index (χ4v) is 3.87. The number of carbonyl (C=O) groups excluding carboxylic acids is 1. The summed E-state index contributed by atoms with van der Waals surface area (Å²) in [5.74, 6) is 0.967. The number of amides is 2. The van der Waals surface area contributed by atoms with Gasteiger partial charge in [-0.05, 0) is 44.2 Å². The highest BCUT2D eigenvalue weighted by Gasteiger charge is 2.58. The monoisotopic (exact) mass is 340 g/mol. The van der Waals surface area contributed by atoms with Crippen molar-refractivity contribution in [1.82, 2.24) is 20.8 Å². The number of rotatable bonds is 5. The molecule has 25 heavy (non-hydrogen) atoms. The maximum atomic E-state index is 12.2. The number of ether oxygens (including phenoxy) is 1. The van der Waals surface area contributed by atoms with Gasteiger partial charge in [0.25, 0.3) is 0 Å². The molecule has 132 valence electrons. The highest BCUT2D eigenvalue weighted by Crippen LogP contribution is 2.55. The zero-order valence-corrected chi connectivity index (χ0v) is 14.5. The Morgan fingerprint density at radius 1 is 1.44 bits per heavy atom. The summed E-state index contributed by atoms with van der Waals surface area (Å²) >= 11 is 0. The zero-order valence-electron chi connectivity index (χ0n) is 14.5. The first-order valence-corrected chi connectivity index (χ1v) is 8.94. The average molecular weight is 340 g/mol. The quantitative estimate of drug-likeness (QED) is 0.732. The van der Waals surface area contributed by atoms with Gasteiger partial charge >= 0.3 is 6.03 Å². The Kier molecular flexibility index (Phi) is 4.11. The first-order valence-electron chi connectivity index (χ1n) is 8.94. The van der Waals surface area contributed by atoms with Crippen molar-refractivity contribution in [2.75, 3.05) is 13.2 Å². The lowest BCUT2D eigenvalue weighted by Gasteiger charge is -2.26. The number of H-pyrrole nitrogens is 1. The molecule has 0 saturated heterocycles. The van der Waals surface area contributed by atoms with E-state index in [0.717, 1.165) is 43.7 Å². The van der Waals surface area contributed by atoms with Crippen molar-refractivity contribution in [2.45, 2.75) is 44.1 Å². The van der Waals surface area contributed by atoms with Gasteiger partial charge in [0, 0.05) is 29.3 Å². The second kappa shape index (κ2) is 6.43. The molecule has 6 heteroatoms. The summed E-state index contributed by atoms with van der Waals surface area (Å²) in [6, 6.07) is 8.31. The van der Waals surface area contributed by atoms with Crippen LogP contribution in [-0.4, -0.2) is 35.4 Å². The molecule has 2 atom stereocenters. The summed E-state index contributed by atoms with van der Waals surface area (Å²) in [7, 11) is 0. The molecule has 1 spiro atoms. The molecule has 1 aliphatic carbocycles. The molecule has 1 fully saturated rings. The minimum absolute atomic E-state index is 0.0695. The maximum absolute atomic E-state index is 12.2. The number of fused-ring (bicyclic) bond motifs is 2. The van der Waals surface area contributed by atoms with Crippen molar-refractivity contribution in [3.05, 3.63) is 47.3 Å². The number of aromatic nitrogens is 2. The van der Waals surface area contributed by atoms with Crippen LogP contribution in [0.4, 0.5) is 4.79 Å². The van der Waals surface area contributed by atoms with E-state index in [2.05, 4.69) is 26.9 Å². The number of nitrogens with one attached hydrogen (secondary N) is 3. The van der Waals surface area contributed by atoms with Gasteiger partial charge in [0.1, 0.15) is 5.75 Å². The summed E-state index contributed by atoms with van der Waals surface area (Å²) in [5, 5.41) is 13.1. The van der Waals surface area contributed by atoms with Crippen LogP contribution >= 0.6 is 0 Å². The van der Waals surface area contributed by atoms with Crippen LogP contribution in [0.25, 0.3) is 0 Å². The highest BCUT2D eigenvalue weighted by molar-refractivity contribution is 5.75. The second-order valence-electron chi connectivity index (χ2n) is 7.03. The number of benzene rings is 1. The van der Waals surface area contributed by atoms with Crippen LogP contribution in [0.2, 0.25) is 0 Å². The number of hydrogen-bond donors (Lipinski definition) is 3. The molecule has 2 aliphatic rings. The van der Waals surface area contributed by atoms with Crippen LogP contribution in [-0.2, 0) is 11.8 Å². The van der Waals surface area contributed by atoms with Crippen molar-refractivity contribution in [1.29, 1.82) is 0 Å². The van der Waals surface area contributed by atoms with Gasteiger partial charge in [-0.2, -0.15) is 5.10 Å². The molecule has 6 nitrogen and oxygen atoms in total. The van der Waals surface area contributed by atoms with Gasteiger partial charge in [0.15, 0.2) is 0 Å². The Morgan fingerprint density at radius 2 is 2.32 bits per heavy atom. The second-order valence-corrected chi connectivity index (χ2v) is 7.03. The van der Waals surface area contributed by atoms with E-state index in [0.29, 0.717) is 6.54 Å². The van der Waals surface area contributed by atoms with E-state index in [4.69, 9.17) is 4.74 Å². The third-order valence-corrected chi connectivity index (χ3v) is 5.45. The predicted octanol–water partition coefficient (Wildman–Crippen LogP) is 2.44. The smallest absolute Gasteiger partial charge is 0.315 e. The highest BCUT2D eigenvalue weighted by atomic mass is 16.5. The Bertz CT molecular complexity index is 772. The normalized spacial score (nSPS) is 23.6.